The molecule has 5 rings (SSSR count). The number of imide groups is 1. The summed E-state index contributed by atoms with van der Waals surface area (Å²) in [6.07, 6.45) is 0.577. The summed E-state index contributed by atoms with van der Waals surface area (Å²) in [5.74, 6) is -1.76. The molecular weight excluding hydrogens is 546 g/mol. The van der Waals surface area contributed by atoms with Crippen LogP contribution in [0.3, 0.4) is 0 Å². The van der Waals surface area contributed by atoms with Crippen LogP contribution in [-0.4, -0.2) is 82.9 Å². The number of halogens is 4. The highest BCUT2D eigenvalue weighted by atomic mass is 19.4. The number of likely N-dealkylation sites (tertiary alicyclic amines) is 1. The molecule has 3 aliphatic rings. The quantitative estimate of drug-likeness (QED) is 0.323. The van der Waals surface area contributed by atoms with Crippen LogP contribution < -0.4 is 15.4 Å². The van der Waals surface area contributed by atoms with Crippen LogP contribution in [0, 0.1) is 17.2 Å². The summed E-state index contributed by atoms with van der Waals surface area (Å²) in [4.78, 5) is 34.9. The number of aliphatic hydroxyl groups excluding tert-OH is 1. The molecule has 1 aromatic carbocycles. The first-order chi connectivity index (χ1) is 19.5. The Morgan fingerprint density at radius 1 is 1.15 bits per heavy atom. The molecular formula is C28H33F4N5O4. The van der Waals surface area contributed by atoms with E-state index in [0.717, 1.165) is 18.9 Å². The molecule has 0 radical (unpaired) electrons. The third-order valence-corrected chi connectivity index (χ3v) is 8.46. The lowest BCUT2D eigenvalue weighted by atomic mass is 9.67. The summed E-state index contributed by atoms with van der Waals surface area (Å²) in [5.41, 5.74) is -1.28. The first-order valence-electron chi connectivity index (χ1n) is 13.9. The molecule has 0 spiro atoms. The minimum atomic E-state index is -4.16. The van der Waals surface area contributed by atoms with Gasteiger partial charge in [0.15, 0.2) is 0 Å². The molecule has 2 aromatic rings. The van der Waals surface area contributed by atoms with E-state index in [4.69, 9.17) is 4.74 Å². The molecule has 0 bridgehead atoms. The van der Waals surface area contributed by atoms with Crippen LogP contribution in [0.4, 0.5) is 17.6 Å². The smallest absolute Gasteiger partial charge is 0.395 e. The molecule has 2 atom stereocenters. The number of nitrogens with one attached hydrogen (secondary N) is 2. The first-order valence-corrected chi connectivity index (χ1v) is 13.9. The molecule has 222 valence electrons. The number of carbonyl (C=O) groups excluding carboxylic acids is 2. The number of piperidine rings is 1. The highest BCUT2D eigenvalue weighted by molar-refractivity contribution is 6.06. The zero-order chi connectivity index (χ0) is 29.2. The third-order valence-electron chi connectivity index (χ3n) is 8.46. The number of hydrogen-bond acceptors (Lipinski definition) is 8. The van der Waals surface area contributed by atoms with Crippen molar-refractivity contribution in [3.8, 4) is 17.1 Å². The topological polar surface area (TPSA) is 117 Å². The Labute approximate surface area is 234 Å². The molecule has 2 amide bonds. The summed E-state index contributed by atoms with van der Waals surface area (Å²) in [7, 11) is 0. The van der Waals surface area contributed by atoms with Gasteiger partial charge in [-0.3, -0.25) is 14.9 Å². The van der Waals surface area contributed by atoms with E-state index in [1.54, 1.807) is 0 Å². The van der Waals surface area contributed by atoms with E-state index in [9.17, 15) is 32.3 Å². The number of benzene rings is 1. The Balaban J connectivity index is 1.10. The zero-order valence-corrected chi connectivity index (χ0v) is 22.4. The molecule has 0 unspecified atom stereocenters. The minimum Gasteiger partial charge on any atom is -0.476 e. The van der Waals surface area contributed by atoms with E-state index in [0.29, 0.717) is 39.1 Å². The van der Waals surface area contributed by atoms with Gasteiger partial charge in [-0.25, -0.2) is 14.4 Å². The third kappa shape index (κ3) is 6.52. The molecule has 1 aromatic heterocycles. The van der Waals surface area contributed by atoms with Crippen molar-refractivity contribution in [2.24, 2.45) is 11.3 Å². The number of aromatic nitrogens is 2. The van der Waals surface area contributed by atoms with Gasteiger partial charge in [0.2, 0.25) is 11.8 Å². The number of nitrogens with zero attached hydrogens (tertiary/aromatic N) is 3. The van der Waals surface area contributed by atoms with Crippen LogP contribution >= 0.6 is 0 Å². The maximum absolute atomic E-state index is 14.8. The van der Waals surface area contributed by atoms with E-state index in [1.165, 1.54) is 24.5 Å². The van der Waals surface area contributed by atoms with Crippen LogP contribution in [-0.2, 0) is 4.79 Å². The van der Waals surface area contributed by atoms with Crippen LogP contribution in [0.15, 0.2) is 30.6 Å². The highest BCUT2D eigenvalue weighted by Gasteiger charge is 2.58. The van der Waals surface area contributed by atoms with Crippen molar-refractivity contribution < 1.29 is 37.0 Å². The number of rotatable bonds is 8. The largest absolute Gasteiger partial charge is 0.476 e. The van der Waals surface area contributed by atoms with Gasteiger partial charge >= 0.3 is 6.18 Å². The number of amides is 2. The minimum absolute atomic E-state index is 0.0627. The summed E-state index contributed by atoms with van der Waals surface area (Å²) in [6, 6.07) is 2.83. The average Bonchev–Trinajstić information content (AvgIpc) is 3.35. The Kier molecular flexibility index (Phi) is 8.57. The lowest BCUT2D eigenvalue weighted by Gasteiger charge is -2.47. The second kappa shape index (κ2) is 12.0. The lowest BCUT2D eigenvalue weighted by molar-refractivity contribution is -0.256. The molecule has 13 heteroatoms. The van der Waals surface area contributed by atoms with Gasteiger partial charge in [-0.15, -0.1) is 0 Å². The van der Waals surface area contributed by atoms with Gasteiger partial charge in [0.1, 0.15) is 11.9 Å². The van der Waals surface area contributed by atoms with Gasteiger partial charge in [0.25, 0.3) is 5.91 Å². The van der Waals surface area contributed by atoms with Gasteiger partial charge in [-0.05, 0) is 75.9 Å². The molecule has 1 saturated carbocycles. The Morgan fingerprint density at radius 2 is 1.90 bits per heavy atom. The summed E-state index contributed by atoms with van der Waals surface area (Å²) in [5, 5.41) is 14.8. The highest BCUT2D eigenvalue weighted by Crippen LogP contribution is 2.53. The van der Waals surface area contributed by atoms with Gasteiger partial charge < -0.3 is 20.1 Å². The molecule has 9 nitrogen and oxygen atoms in total. The Bertz CT molecular complexity index is 1250. The van der Waals surface area contributed by atoms with Crippen molar-refractivity contribution in [1.82, 2.24) is 25.5 Å². The van der Waals surface area contributed by atoms with E-state index in [1.807, 2.05) is 4.90 Å². The van der Waals surface area contributed by atoms with Gasteiger partial charge in [-0.1, -0.05) is 6.42 Å². The van der Waals surface area contributed by atoms with Crippen LogP contribution in [0.5, 0.6) is 5.88 Å². The second-order valence-electron chi connectivity index (χ2n) is 11.2. The van der Waals surface area contributed by atoms with E-state index in [2.05, 4.69) is 20.6 Å². The van der Waals surface area contributed by atoms with Crippen molar-refractivity contribution in [1.29, 1.82) is 0 Å². The standard InChI is InChI=1S/C28H33F4N5O4/c29-20-12-18(25(39)36-26(40)24-22(38)4-9-33-24)2-3-19(20)21-13-35-23(14-34-21)41-15-17-5-10-37(11-6-17)16-27(7-1-8-27)28(30,31)32/h2-3,12-14,17,22,24,33,38H,1,4-11,15-16H2,(H,36,39,40)/t22-,24-/m0/s1. The predicted molar refractivity (Wildman–Crippen MR) is 139 cm³/mol. The number of carbonyl (C=O) groups is 2. The van der Waals surface area contributed by atoms with Crippen molar-refractivity contribution >= 4 is 11.8 Å². The lowest BCUT2D eigenvalue weighted by Crippen LogP contribution is -2.53. The van der Waals surface area contributed by atoms with Crippen molar-refractivity contribution in [3.63, 3.8) is 0 Å². The van der Waals surface area contributed by atoms with Crippen molar-refractivity contribution in [2.45, 2.75) is 56.8 Å². The molecule has 2 aliphatic heterocycles. The number of aliphatic hydroxyl groups is 1. The SMILES string of the molecule is O=C(NC(=O)[C@H]1NCC[C@@H]1O)c1ccc(-c2cnc(OCC3CCN(CC4(C(F)(F)F)CCC4)CC3)cn2)c(F)c1. The van der Waals surface area contributed by atoms with Crippen molar-refractivity contribution in [2.75, 3.05) is 32.8 Å². The fraction of sp³-hybridized carbons (Fsp3) is 0.571. The van der Waals surface area contributed by atoms with Crippen molar-refractivity contribution in [3.05, 3.63) is 42.0 Å². The van der Waals surface area contributed by atoms with Crippen LogP contribution in [0.25, 0.3) is 11.3 Å². The Hall–Kier alpha value is -3.16. The van der Waals surface area contributed by atoms with Gasteiger partial charge in [0, 0.05) is 17.7 Å². The zero-order valence-electron chi connectivity index (χ0n) is 22.4. The predicted octanol–water partition coefficient (Wildman–Crippen LogP) is 3.09. The van der Waals surface area contributed by atoms with E-state index in [-0.39, 0.29) is 48.0 Å². The maximum Gasteiger partial charge on any atom is 0.395 e. The van der Waals surface area contributed by atoms with Crippen LogP contribution in [0.1, 0.15) is 48.9 Å². The maximum atomic E-state index is 14.8. The second-order valence-corrected chi connectivity index (χ2v) is 11.2. The monoisotopic (exact) mass is 579 g/mol. The number of hydrogen-bond donors (Lipinski definition) is 3. The van der Waals surface area contributed by atoms with Gasteiger partial charge in [-0.2, -0.15) is 13.2 Å². The molecule has 3 N–H and O–H groups in total. The number of ether oxygens (including phenoxy) is 1. The van der Waals surface area contributed by atoms with Gasteiger partial charge in [0.05, 0.1) is 36.2 Å². The summed E-state index contributed by atoms with van der Waals surface area (Å²) >= 11 is 0. The first kappa shape index (κ1) is 29.3. The number of alkyl halides is 3. The Morgan fingerprint density at radius 3 is 2.46 bits per heavy atom. The molecule has 41 heavy (non-hydrogen) atoms. The fourth-order valence-electron chi connectivity index (χ4n) is 5.69. The summed E-state index contributed by atoms with van der Waals surface area (Å²) in [6.45, 7) is 2.07. The fourth-order valence-corrected chi connectivity index (χ4v) is 5.69. The van der Waals surface area contributed by atoms with Crippen LogP contribution in [0.2, 0.25) is 0 Å². The normalized spacial score (nSPS) is 23.1. The van der Waals surface area contributed by atoms with E-state index < -0.39 is 41.4 Å². The molecule has 3 heterocycles. The van der Waals surface area contributed by atoms with E-state index >= 15 is 0 Å². The molecule has 1 aliphatic carbocycles. The molecule has 3 fully saturated rings. The molecule has 2 saturated heterocycles. The average molecular weight is 580 g/mol. The summed E-state index contributed by atoms with van der Waals surface area (Å²) < 4.78 is 61.1.